The molecule has 0 radical (unpaired) electrons. The summed E-state index contributed by atoms with van der Waals surface area (Å²) >= 11 is 0. The van der Waals surface area contributed by atoms with Gasteiger partial charge in [0.05, 0.1) is 26.8 Å². The molecule has 6 nitrogen and oxygen atoms in total. The van der Waals surface area contributed by atoms with E-state index in [1.807, 2.05) is 64.3 Å². The van der Waals surface area contributed by atoms with Gasteiger partial charge in [0, 0.05) is 24.5 Å². The fourth-order valence-corrected chi connectivity index (χ4v) is 3.92. The van der Waals surface area contributed by atoms with E-state index in [9.17, 15) is 4.79 Å². The van der Waals surface area contributed by atoms with Crippen LogP contribution in [0.2, 0.25) is 0 Å². The van der Waals surface area contributed by atoms with E-state index in [1.54, 1.807) is 20.4 Å². The lowest BCUT2D eigenvalue weighted by Gasteiger charge is -2.26. The largest absolute Gasteiger partial charge is 0.493 e. The van der Waals surface area contributed by atoms with Crippen molar-refractivity contribution in [1.82, 2.24) is 14.7 Å². The molecule has 0 spiro atoms. The normalized spacial score (nSPS) is 16.1. The number of carbonyl (C=O) groups is 1. The Bertz CT molecular complexity index is 968. The third-order valence-electron chi connectivity index (χ3n) is 5.41. The molecule has 1 atom stereocenters. The molecular weight excluding hydrogens is 366 g/mol. The predicted octanol–water partition coefficient (Wildman–Crippen LogP) is 3.93. The second-order valence-corrected chi connectivity index (χ2v) is 7.17. The zero-order chi connectivity index (χ0) is 20.2. The van der Waals surface area contributed by atoms with Crippen molar-refractivity contribution in [3.8, 4) is 11.5 Å². The Morgan fingerprint density at radius 3 is 2.59 bits per heavy atom. The molecule has 1 aliphatic heterocycles. The van der Waals surface area contributed by atoms with Crippen molar-refractivity contribution in [2.45, 2.75) is 25.4 Å². The average Bonchev–Trinajstić information content (AvgIpc) is 3.45. The highest BCUT2D eigenvalue weighted by Gasteiger charge is 2.31. The zero-order valence-electron chi connectivity index (χ0n) is 16.7. The molecule has 6 heteroatoms. The third-order valence-corrected chi connectivity index (χ3v) is 5.41. The smallest absolute Gasteiger partial charge is 0.254 e. The minimum Gasteiger partial charge on any atom is -0.493 e. The van der Waals surface area contributed by atoms with Crippen LogP contribution < -0.4 is 9.47 Å². The summed E-state index contributed by atoms with van der Waals surface area (Å²) in [6.45, 7) is 1.45. The fraction of sp³-hybridized carbons (Fsp3) is 0.304. The van der Waals surface area contributed by atoms with Gasteiger partial charge in [-0.15, -0.1) is 0 Å². The number of hydrogen-bond donors (Lipinski definition) is 0. The van der Waals surface area contributed by atoms with E-state index in [0.29, 0.717) is 23.6 Å². The summed E-state index contributed by atoms with van der Waals surface area (Å²) < 4.78 is 12.6. The van der Waals surface area contributed by atoms with Gasteiger partial charge in [-0.3, -0.25) is 9.48 Å². The maximum Gasteiger partial charge on any atom is 0.254 e. The first-order valence-electron chi connectivity index (χ1n) is 9.79. The molecule has 0 saturated carbocycles. The van der Waals surface area contributed by atoms with Crippen LogP contribution in [0.15, 0.2) is 60.9 Å². The maximum atomic E-state index is 13.2. The van der Waals surface area contributed by atoms with E-state index in [2.05, 4.69) is 5.10 Å². The van der Waals surface area contributed by atoms with Crippen molar-refractivity contribution in [2.75, 3.05) is 20.8 Å². The number of nitrogens with zero attached hydrogens (tertiary/aromatic N) is 3. The third kappa shape index (κ3) is 3.97. The number of rotatable bonds is 6. The van der Waals surface area contributed by atoms with Crippen molar-refractivity contribution in [2.24, 2.45) is 0 Å². The topological polar surface area (TPSA) is 56.6 Å². The van der Waals surface area contributed by atoms with E-state index in [-0.39, 0.29) is 11.9 Å². The van der Waals surface area contributed by atoms with Crippen LogP contribution in [-0.4, -0.2) is 41.4 Å². The molecule has 1 unspecified atom stereocenters. The van der Waals surface area contributed by atoms with Crippen LogP contribution in [0.4, 0.5) is 0 Å². The fourth-order valence-electron chi connectivity index (χ4n) is 3.92. The number of carbonyl (C=O) groups excluding carboxylic acids is 1. The standard InChI is InChI=1S/C23H25N3O3/c1-28-21-11-10-19(15-22(21)29-2)20-5-3-14-26(20)23(27)18-8-6-17(7-9-18)16-25-13-4-12-24-25/h4,6-13,15,20H,3,5,14,16H2,1-2H3. The Kier molecular flexibility index (Phi) is 5.51. The maximum absolute atomic E-state index is 13.2. The van der Waals surface area contributed by atoms with Gasteiger partial charge in [0.1, 0.15) is 0 Å². The van der Waals surface area contributed by atoms with Gasteiger partial charge in [-0.25, -0.2) is 0 Å². The predicted molar refractivity (Wildman–Crippen MR) is 110 cm³/mol. The molecule has 0 N–H and O–H groups in total. The van der Waals surface area contributed by atoms with Crippen molar-refractivity contribution in [3.05, 3.63) is 77.6 Å². The lowest BCUT2D eigenvalue weighted by atomic mass is 10.0. The van der Waals surface area contributed by atoms with Crippen molar-refractivity contribution >= 4 is 5.91 Å². The summed E-state index contributed by atoms with van der Waals surface area (Å²) in [5, 5.41) is 4.22. The molecular formula is C23H25N3O3. The molecule has 1 fully saturated rings. The summed E-state index contributed by atoms with van der Waals surface area (Å²) in [6, 6.07) is 15.7. The van der Waals surface area contributed by atoms with Crippen LogP contribution in [0.25, 0.3) is 0 Å². The summed E-state index contributed by atoms with van der Waals surface area (Å²) in [6.07, 6.45) is 5.62. The molecule has 1 saturated heterocycles. The molecule has 2 aromatic carbocycles. The number of hydrogen-bond acceptors (Lipinski definition) is 4. The SMILES string of the molecule is COc1ccc(C2CCCN2C(=O)c2ccc(Cn3cccn3)cc2)cc1OC. The van der Waals surface area contributed by atoms with Gasteiger partial charge < -0.3 is 14.4 Å². The van der Waals surface area contributed by atoms with Crippen LogP contribution >= 0.6 is 0 Å². The highest BCUT2D eigenvalue weighted by Crippen LogP contribution is 2.37. The monoisotopic (exact) mass is 391 g/mol. The van der Waals surface area contributed by atoms with Crippen LogP contribution in [-0.2, 0) is 6.54 Å². The van der Waals surface area contributed by atoms with Gasteiger partial charge in [-0.1, -0.05) is 18.2 Å². The minimum absolute atomic E-state index is 0.0473. The molecule has 29 heavy (non-hydrogen) atoms. The lowest BCUT2D eigenvalue weighted by Crippen LogP contribution is -2.30. The molecule has 3 aromatic rings. The number of aromatic nitrogens is 2. The number of likely N-dealkylation sites (tertiary alicyclic amines) is 1. The van der Waals surface area contributed by atoms with Crippen LogP contribution in [0.5, 0.6) is 11.5 Å². The van der Waals surface area contributed by atoms with E-state index in [4.69, 9.17) is 9.47 Å². The minimum atomic E-state index is 0.0473. The molecule has 1 amide bonds. The Morgan fingerprint density at radius 2 is 1.90 bits per heavy atom. The van der Waals surface area contributed by atoms with Crippen molar-refractivity contribution in [1.29, 1.82) is 0 Å². The number of ether oxygens (including phenoxy) is 2. The highest BCUT2D eigenvalue weighted by molar-refractivity contribution is 5.94. The first-order valence-corrected chi connectivity index (χ1v) is 9.79. The van der Waals surface area contributed by atoms with E-state index in [0.717, 1.165) is 30.5 Å². The first kappa shape index (κ1) is 19.1. The molecule has 2 heterocycles. The summed E-state index contributed by atoms with van der Waals surface area (Å²) in [4.78, 5) is 15.2. The van der Waals surface area contributed by atoms with Crippen LogP contribution in [0, 0.1) is 0 Å². The summed E-state index contributed by atoms with van der Waals surface area (Å²) in [5.74, 6) is 1.44. The second-order valence-electron chi connectivity index (χ2n) is 7.17. The second kappa shape index (κ2) is 8.39. The Hall–Kier alpha value is -3.28. The highest BCUT2D eigenvalue weighted by atomic mass is 16.5. The van der Waals surface area contributed by atoms with E-state index >= 15 is 0 Å². The molecule has 0 bridgehead atoms. The van der Waals surface area contributed by atoms with Crippen molar-refractivity contribution in [3.63, 3.8) is 0 Å². The molecule has 0 aliphatic carbocycles. The van der Waals surface area contributed by atoms with E-state index < -0.39 is 0 Å². The Morgan fingerprint density at radius 1 is 1.10 bits per heavy atom. The van der Waals surface area contributed by atoms with Crippen molar-refractivity contribution < 1.29 is 14.3 Å². The van der Waals surface area contributed by atoms with Gasteiger partial charge in [0.15, 0.2) is 11.5 Å². The van der Waals surface area contributed by atoms with Gasteiger partial charge in [0.2, 0.25) is 0 Å². The quantitative estimate of drug-likeness (QED) is 0.639. The molecule has 4 rings (SSSR count). The molecule has 1 aliphatic rings. The number of methoxy groups -OCH3 is 2. The number of benzene rings is 2. The Labute approximate surface area is 170 Å². The Balaban J connectivity index is 1.52. The van der Waals surface area contributed by atoms with Crippen LogP contribution in [0.1, 0.15) is 40.4 Å². The summed E-state index contributed by atoms with van der Waals surface area (Å²) in [5.41, 5.74) is 2.90. The van der Waals surface area contributed by atoms with Gasteiger partial charge in [0.25, 0.3) is 5.91 Å². The van der Waals surface area contributed by atoms with Gasteiger partial charge in [-0.05, 0) is 54.3 Å². The summed E-state index contributed by atoms with van der Waals surface area (Å²) in [7, 11) is 3.25. The van der Waals surface area contributed by atoms with Gasteiger partial charge >= 0.3 is 0 Å². The van der Waals surface area contributed by atoms with Gasteiger partial charge in [-0.2, -0.15) is 5.10 Å². The lowest BCUT2D eigenvalue weighted by molar-refractivity contribution is 0.0735. The number of amides is 1. The van der Waals surface area contributed by atoms with Crippen LogP contribution in [0.3, 0.4) is 0 Å². The first-order chi connectivity index (χ1) is 14.2. The molecule has 150 valence electrons. The zero-order valence-corrected chi connectivity index (χ0v) is 16.7. The van der Waals surface area contributed by atoms with E-state index in [1.165, 1.54) is 0 Å². The molecule has 1 aromatic heterocycles. The average molecular weight is 391 g/mol.